The standard InChI is InChI=1S/C20H17ClN2O3/c21-17-3-1-2-16(12-17)14-26-20-10-4-15(5-11-20)13-22-18-6-8-19(9-7-18)23(24)25/h1-12,22H,13-14H2. The maximum absolute atomic E-state index is 10.7. The molecule has 0 aromatic heterocycles. The normalized spacial score (nSPS) is 10.3. The molecule has 0 bridgehead atoms. The smallest absolute Gasteiger partial charge is 0.269 e. The van der Waals surface area contributed by atoms with E-state index in [1.54, 1.807) is 12.1 Å². The second kappa shape index (κ2) is 8.36. The molecule has 0 spiro atoms. The second-order valence-corrected chi connectivity index (χ2v) is 6.16. The van der Waals surface area contributed by atoms with E-state index in [1.165, 1.54) is 12.1 Å². The van der Waals surface area contributed by atoms with Gasteiger partial charge in [-0.25, -0.2) is 0 Å². The van der Waals surface area contributed by atoms with Crippen molar-refractivity contribution < 1.29 is 9.66 Å². The average Bonchev–Trinajstić information content (AvgIpc) is 2.66. The minimum absolute atomic E-state index is 0.0803. The predicted molar refractivity (Wildman–Crippen MR) is 103 cm³/mol. The molecule has 6 heteroatoms. The predicted octanol–water partition coefficient (Wildman–Crippen LogP) is 5.44. The first-order valence-electron chi connectivity index (χ1n) is 8.05. The van der Waals surface area contributed by atoms with E-state index in [9.17, 15) is 10.1 Å². The summed E-state index contributed by atoms with van der Waals surface area (Å²) in [6.07, 6.45) is 0. The second-order valence-electron chi connectivity index (χ2n) is 5.72. The van der Waals surface area contributed by atoms with Crippen LogP contribution in [0.3, 0.4) is 0 Å². The molecule has 0 aliphatic carbocycles. The molecule has 132 valence electrons. The number of nitro benzene ring substituents is 1. The fourth-order valence-electron chi connectivity index (χ4n) is 2.40. The number of nitrogens with zero attached hydrogens (tertiary/aromatic N) is 1. The van der Waals surface area contributed by atoms with Crippen LogP contribution < -0.4 is 10.1 Å². The number of hydrogen-bond acceptors (Lipinski definition) is 4. The SMILES string of the molecule is O=[N+]([O-])c1ccc(NCc2ccc(OCc3cccc(Cl)c3)cc2)cc1. The molecule has 0 radical (unpaired) electrons. The van der Waals surface area contributed by atoms with E-state index in [1.807, 2.05) is 48.5 Å². The third-order valence-electron chi connectivity index (χ3n) is 3.79. The van der Waals surface area contributed by atoms with E-state index in [0.29, 0.717) is 18.2 Å². The lowest BCUT2D eigenvalue weighted by atomic mass is 10.2. The van der Waals surface area contributed by atoms with Crippen molar-refractivity contribution in [3.05, 3.63) is 99.1 Å². The Balaban J connectivity index is 1.51. The summed E-state index contributed by atoms with van der Waals surface area (Å²) in [7, 11) is 0. The van der Waals surface area contributed by atoms with Crippen LogP contribution in [0.5, 0.6) is 5.75 Å². The summed E-state index contributed by atoms with van der Waals surface area (Å²) in [4.78, 5) is 10.2. The minimum Gasteiger partial charge on any atom is -0.489 e. The molecule has 0 unspecified atom stereocenters. The molecule has 3 aromatic carbocycles. The van der Waals surface area contributed by atoms with Gasteiger partial charge >= 0.3 is 0 Å². The van der Waals surface area contributed by atoms with Crippen LogP contribution >= 0.6 is 11.6 Å². The molecular formula is C20H17ClN2O3. The van der Waals surface area contributed by atoms with E-state index in [0.717, 1.165) is 22.6 Å². The lowest BCUT2D eigenvalue weighted by Gasteiger charge is -2.09. The summed E-state index contributed by atoms with van der Waals surface area (Å²) >= 11 is 5.96. The van der Waals surface area contributed by atoms with Gasteiger partial charge in [0.2, 0.25) is 0 Å². The molecule has 3 aromatic rings. The number of rotatable bonds is 7. The lowest BCUT2D eigenvalue weighted by Crippen LogP contribution is -2.00. The van der Waals surface area contributed by atoms with Gasteiger partial charge in [0.1, 0.15) is 12.4 Å². The van der Waals surface area contributed by atoms with Crippen LogP contribution in [-0.4, -0.2) is 4.92 Å². The Morgan fingerprint density at radius 3 is 2.35 bits per heavy atom. The molecular weight excluding hydrogens is 352 g/mol. The lowest BCUT2D eigenvalue weighted by molar-refractivity contribution is -0.384. The number of nitro groups is 1. The largest absolute Gasteiger partial charge is 0.489 e. The summed E-state index contributed by atoms with van der Waals surface area (Å²) < 4.78 is 5.76. The molecule has 0 atom stereocenters. The quantitative estimate of drug-likeness (QED) is 0.445. The van der Waals surface area contributed by atoms with Crippen LogP contribution in [0.25, 0.3) is 0 Å². The number of hydrogen-bond donors (Lipinski definition) is 1. The van der Waals surface area contributed by atoms with Gasteiger partial charge in [0.25, 0.3) is 5.69 Å². The van der Waals surface area contributed by atoms with Gasteiger partial charge in [0, 0.05) is 29.4 Å². The van der Waals surface area contributed by atoms with Crippen molar-refractivity contribution >= 4 is 23.0 Å². The molecule has 0 aliphatic rings. The van der Waals surface area contributed by atoms with E-state index < -0.39 is 4.92 Å². The number of ether oxygens (including phenoxy) is 1. The van der Waals surface area contributed by atoms with Crippen molar-refractivity contribution in [2.75, 3.05) is 5.32 Å². The van der Waals surface area contributed by atoms with Gasteiger partial charge in [-0.2, -0.15) is 0 Å². The molecule has 0 fully saturated rings. The topological polar surface area (TPSA) is 64.4 Å². The number of halogens is 1. The molecule has 0 amide bonds. The molecule has 1 N–H and O–H groups in total. The van der Waals surface area contributed by atoms with Crippen molar-refractivity contribution in [1.29, 1.82) is 0 Å². The van der Waals surface area contributed by atoms with Gasteiger partial charge < -0.3 is 10.1 Å². The van der Waals surface area contributed by atoms with Gasteiger partial charge in [0.15, 0.2) is 0 Å². The average molecular weight is 369 g/mol. The maximum atomic E-state index is 10.7. The Morgan fingerprint density at radius 2 is 1.69 bits per heavy atom. The minimum atomic E-state index is -0.411. The fraction of sp³-hybridized carbons (Fsp3) is 0.100. The zero-order chi connectivity index (χ0) is 18.4. The molecule has 5 nitrogen and oxygen atoms in total. The number of benzene rings is 3. The van der Waals surface area contributed by atoms with Crippen LogP contribution in [0, 0.1) is 10.1 Å². The highest BCUT2D eigenvalue weighted by Crippen LogP contribution is 2.18. The van der Waals surface area contributed by atoms with Crippen molar-refractivity contribution in [3.8, 4) is 5.75 Å². The highest BCUT2D eigenvalue weighted by Gasteiger charge is 2.04. The van der Waals surface area contributed by atoms with E-state index >= 15 is 0 Å². The van der Waals surface area contributed by atoms with Gasteiger partial charge in [0.05, 0.1) is 4.92 Å². The first kappa shape index (κ1) is 17.8. The fourth-order valence-corrected chi connectivity index (χ4v) is 2.61. The van der Waals surface area contributed by atoms with Crippen molar-refractivity contribution in [2.45, 2.75) is 13.2 Å². The monoisotopic (exact) mass is 368 g/mol. The first-order valence-corrected chi connectivity index (χ1v) is 8.42. The summed E-state index contributed by atoms with van der Waals surface area (Å²) in [6, 6.07) is 21.7. The summed E-state index contributed by atoms with van der Waals surface area (Å²) in [6.45, 7) is 1.08. The Bertz CT molecular complexity index is 880. The van der Waals surface area contributed by atoms with Crippen LogP contribution in [0.1, 0.15) is 11.1 Å². The summed E-state index contributed by atoms with van der Waals surface area (Å²) in [5.41, 5.74) is 3.01. The Morgan fingerprint density at radius 1 is 0.962 bits per heavy atom. The first-order chi connectivity index (χ1) is 12.6. The van der Waals surface area contributed by atoms with Crippen LogP contribution in [-0.2, 0) is 13.2 Å². The van der Waals surface area contributed by atoms with Crippen molar-refractivity contribution in [2.24, 2.45) is 0 Å². The van der Waals surface area contributed by atoms with Crippen LogP contribution in [0.2, 0.25) is 5.02 Å². The molecule has 0 heterocycles. The van der Waals surface area contributed by atoms with E-state index in [2.05, 4.69) is 5.32 Å². The summed E-state index contributed by atoms with van der Waals surface area (Å²) in [5, 5.41) is 14.6. The maximum Gasteiger partial charge on any atom is 0.269 e. The van der Waals surface area contributed by atoms with E-state index in [-0.39, 0.29) is 5.69 Å². The van der Waals surface area contributed by atoms with E-state index in [4.69, 9.17) is 16.3 Å². The summed E-state index contributed by atoms with van der Waals surface area (Å²) in [5.74, 6) is 0.782. The third-order valence-corrected chi connectivity index (χ3v) is 4.03. The molecule has 0 saturated heterocycles. The van der Waals surface area contributed by atoms with Crippen LogP contribution in [0.15, 0.2) is 72.8 Å². The van der Waals surface area contributed by atoms with Gasteiger partial charge in [-0.3, -0.25) is 10.1 Å². The number of anilines is 1. The molecule has 0 saturated carbocycles. The van der Waals surface area contributed by atoms with Crippen molar-refractivity contribution in [3.63, 3.8) is 0 Å². The highest BCUT2D eigenvalue weighted by molar-refractivity contribution is 6.30. The van der Waals surface area contributed by atoms with Gasteiger partial charge in [-0.05, 0) is 47.5 Å². The third kappa shape index (κ3) is 4.97. The molecule has 0 aliphatic heterocycles. The zero-order valence-electron chi connectivity index (χ0n) is 13.9. The number of non-ortho nitro benzene ring substituents is 1. The molecule has 26 heavy (non-hydrogen) atoms. The highest BCUT2D eigenvalue weighted by atomic mass is 35.5. The Kier molecular flexibility index (Phi) is 5.71. The van der Waals surface area contributed by atoms with Gasteiger partial charge in [-0.1, -0.05) is 35.9 Å². The number of nitrogens with one attached hydrogen (secondary N) is 1. The van der Waals surface area contributed by atoms with Gasteiger partial charge in [-0.15, -0.1) is 0 Å². The van der Waals surface area contributed by atoms with Crippen LogP contribution in [0.4, 0.5) is 11.4 Å². The zero-order valence-corrected chi connectivity index (χ0v) is 14.6. The Labute approximate surface area is 156 Å². The molecule has 3 rings (SSSR count). The van der Waals surface area contributed by atoms with Crippen molar-refractivity contribution in [1.82, 2.24) is 0 Å². The Hall–Kier alpha value is -3.05.